The summed E-state index contributed by atoms with van der Waals surface area (Å²) in [6, 6.07) is 0. The number of nitrogens with one attached hydrogen (secondary N) is 2. The van der Waals surface area contributed by atoms with Crippen LogP contribution in [0.3, 0.4) is 0 Å². The molecule has 1 aliphatic rings. The van der Waals surface area contributed by atoms with Crippen molar-refractivity contribution in [2.75, 3.05) is 12.3 Å². The predicted octanol–water partition coefficient (Wildman–Crippen LogP) is 0.430. The molecule has 1 fully saturated rings. The molecule has 1 aromatic rings. The van der Waals surface area contributed by atoms with Crippen LogP contribution < -0.4 is 5.32 Å². The molecule has 1 unspecified atom stereocenters. The minimum Gasteiger partial charge on any atom is -0.349 e. The van der Waals surface area contributed by atoms with E-state index in [2.05, 4.69) is 20.7 Å². The lowest BCUT2D eigenvalue weighted by Gasteiger charge is -2.08. The number of aromatic amines is 1. The van der Waals surface area contributed by atoms with Crippen molar-refractivity contribution < 1.29 is 4.79 Å². The van der Waals surface area contributed by atoms with Crippen LogP contribution in [0, 0.1) is 0 Å². The quantitative estimate of drug-likeness (QED) is 0.762. The standard InChI is InChI=1S/C8H12N4OS/c13-8(7-5-10-12-11-7)9-4-6-2-1-3-14-6/h5-6H,1-4H2,(H,9,13)(H,10,11,12). The monoisotopic (exact) mass is 212 g/mol. The third kappa shape index (κ3) is 2.25. The Bertz CT molecular complexity index is 294. The molecule has 0 spiro atoms. The van der Waals surface area contributed by atoms with E-state index in [4.69, 9.17) is 0 Å². The summed E-state index contributed by atoms with van der Waals surface area (Å²) in [6.07, 6.45) is 3.88. The van der Waals surface area contributed by atoms with Gasteiger partial charge >= 0.3 is 0 Å². The summed E-state index contributed by atoms with van der Waals surface area (Å²) in [6.45, 7) is 0.733. The third-order valence-electron chi connectivity index (χ3n) is 2.16. The normalized spacial score (nSPS) is 21.0. The van der Waals surface area contributed by atoms with Crippen molar-refractivity contribution in [1.82, 2.24) is 20.7 Å². The maximum atomic E-state index is 11.4. The molecule has 1 amide bonds. The topological polar surface area (TPSA) is 70.7 Å². The van der Waals surface area contributed by atoms with Crippen molar-refractivity contribution in [3.8, 4) is 0 Å². The summed E-state index contributed by atoms with van der Waals surface area (Å²) in [5.41, 5.74) is 0.355. The summed E-state index contributed by atoms with van der Waals surface area (Å²) >= 11 is 1.92. The Hall–Kier alpha value is -1.04. The smallest absolute Gasteiger partial charge is 0.273 e. The van der Waals surface area contributed by atoms with E-state index in [1.54, 1.807) is 0 Å². The number of H-pyrrole nitrogens is 1. The molecule has 1 aromatic heterocycles. The van der Waals surface area contributed by atoms with Crippen molar-refractivity contribution >= 4 is 17.7 Å². The van der Waals surface area contributed by atoms with Gasteiger partial charge < -0.3 is 5.32 Å². The van der Waals surface area contributed by atoms with Crippen molar-refractivity contribution in [3.63, 3.8) is 0 Å². The molecule has 0 saturated carbocycles. The SMILES string of the molecule is O=C(NCC1CCCS1)c1cn[nH]n1. The van der Waals surface area contributed by atoms with Gasteiger partial charge in [-0.25, -0.2) is 0 Å². The van der Waals surface area contributed by atoms with Crippen molar-refractivity contribution in [2.45, 2.75) is 18.1 Å². The lowest BCUT2D eigenvalue weighted by atomic mass is 10.2. The molecule has 0 aromatic carbocycles. The second-order valence-corrected chi connectivity index (χ2v) is 4.61. The number of nitrogens with zero attached hydrogens (tertiary/aromatic N) is 2. The van der Waals surface area contributed by atoms with E-state index in [-0.39, 0.29) is 5.91 Å². The van der Waals surface area contributed by atoms with Crippen LogP contribution in [0.15, 0.2) is 6.20 Å². The van der Waals surface area contributed by atoms with E-state index in [9.17, 15) is 4.79 Å². The summed E-state index contributed by atoms with van der Waals surface area (Å²) in [4.78, 5) is 11.4. The van der Waals surface area contributed by atoms with Crippen LogP contribution in [0.25, 0.3) is 0 Å². The molecule has 0 bridgehead atoms. The number of aromatic nitrogens is 3. The van der Waals surface area contributed by atoms with Crippen molar-refractivity contribution in [3.05, 3.63) is 11.9 Å². The second-order valence-electron chi connectivity index (χ2n) is 3.20. The highest BCUT2D eigenvalue weighted by Crippen LogP contribution is 2.25. The summed E-state index contributed by atoms with van der Waals surface area (Å²) < 4.78 is 0. The van der Waals surface area contributed by atoms with Crippen molar-refractivity contribution in [2.24, 2.45) is 0 Å². The van der Waals surface area contributed by atoms with Crippen molar-refractivity contribution in [1.29, 1.82) is 0 Å². The van der Waals surface area contributed by atoms with Crippen LogP contribution in [0.4, 0.5) is 0 Å². The molecule has 1 saturated heterocycles. The van der Waals surface area contributed by atoms with E-state index in [1.165, 1.54) is 24.8 Å². The average molecular weight is 212 g/mol. The first-order valence-electron chi connectivity index (χ1n) is 4.62. The Balaban J connectivity index is 1.78. The molecule has 0 aliphatic carbocycles. The first-order valence-corrected chi connectivity index (χ1v) is 5.67. The maximum absolute atomic E-state index is 11.4. The minimum absolute atomic E-state index is 0.147. The summed E-state index contributed by atoms with van der Waals surface area (Å²) in [7, 11) is 0. The second kappa shape index (κ2) is 4.45. The molecule has 5 nitrogen and oxygen atoms in total. The fourth-order valence-corrected chi connectivity index (χ4v) is 2.61. The maximum Gasteiger partial charge on any atom is 0.273 e. The Morgan fingerprint density at radius 2 is 2.71 bits per heavy atom. The van der Waals surface area contributed by atoms with Gasteiger partial charge in [-0.05, 0) is 18.6 Å². The Labute approximate surface area is 86.0 Å². The number of rotatable bonds is 3. The van der Waals surface area contributed by atoms with Gasteiger partial charge in [0.1, 0.15) is 0 Å². The van der Waals surface area contributed by atoms with Gasteiger partial charge in [0.25, 0.3) is 5.91 Å². The van der Waals surface area contributed by atoms with Crippen LogP contribution in [-0.2, 0) is 0 Å². The fourth-order valence-electron chi connectivity index (χ4n) is 1.41. The zero-order valence-corrected chi connectivity index (χ0v) is 8.51. The molecular formula is C8H12N4OS. The highest BCUT2D eigenvalue weighted by atomic mass is 32.2. The predicted molar refractivity (Wildman–Crippen MR) is 54.2 cm³/mol. The number of hydrogen-bond acceptors (Lipinski definition) is 4. The number of carbonyl (C=O) groups excluding carboxylic acids is 1. The van der Waals surface area contributed by atoms with Gasteiger partial charge in [-0.3, -0.25) is 4.79 Å². The average Bonchev–Trinajstić information content (AvgIpc) is 2.87. The molecule has 0 radical (unpaired) electrons. The van der Waals surface area contributed by atoms with Gasteiger partial charge in [0.2, 0.25) is 0 Å². The van der Waals surface area contributed by atoms with Gasteiger partial charge in [0, 0.05) is 11.8 Å². The Morgan fingerprint density at radius 1 is 1.79 bits per heavy atom. The highest BCUT2D eigenvalue weighted by Gasteiger charge is 2.17. The molecule has 1 aliphatic heterocycles. The molecule has 2 rings (SSSR count). The van der Waals surface area contributed by atoms with Gasteiger partial charge in [-0.2, -0.15) is 27.2 Å². The largest absolute Gasteiger partial charge is 0.349 e. The first kappa shape index (κ1) is 9.51. The third-order valence-corrected chi connectivity index (χ3v) is 3.56. The van der Waals surface area contributed by atoms with E-state index in [0.717, 1.165) is 6.54 Å². The number of hydrogen-bond donors (Lipinski definition) is 2. The Kier molecular flexibility index (Phi) is 3.03. The zero-order chi connectivity index (χ0) is 9.80. The van der Waals surface area contributed by atoms with Crippen LogP contribution in [0.1, 0.15) is 23.3 Å². The highest BCUT2D eigenvalue weighted by molar-refractivity contribution is 8.00. The van der Waals surface area contributed by atoms with E-state index < -0.39 is 0 Å². The molecular weight excluding hydrogens is 200 g/mol. The van der Waals surface area contributed by atoms with E-state index in [0.29, 0.717) is 10.9 Å². The number of carbonyl (C=O) groups is 1. The van der Waals surface area contributed by atoms with Gasteiger partial charge in [0.15, 0.2) is 5.69 Å². The fraction of sp³-hybridized carbons (Fsp3) is 0.625. The van der Waals surface area contributed by atoms with Gasteiger partial charge in [0.05, 0.1) is 6.20 Å². The Morgan fingerprint density at radius 3 is 3.36 bits per heavy atom. The van der Waals surface area contributed by atoms with Gasteiger partial charge in [-0.15, -0.1) is 0 Å². The number of amides is 1. The molecule has 1 atom stereocenters. The summed E-state index contributed by atoms with van der Waals surface area (Å²) in [5, 5.41) is 13.1. The van der Waals surface area contributed by atoms with Crippen LogP contribution in [0.5, 0.6) is 0 Å². The van der Waals surface area contributed by atoms with E-state index in [1.807, 2.05) is 11.8 Å². The molecule has 2 heterocycles. The molecule has 6 heteroatoms. The lowest BCUT2D eigenvalue weighted by molar-refractivity contribution is 0.0948. The van der Waals surface area contributed by atoms with Crippen LogP contribution in [0.2, 0.25) is 0 Å². The molecule has 14 heavy (non-hydrogen) atoms. The minimum atomic E-state index is -0.147. The van der Waals surface area contributed by atoms with Crippen LogP contribution >= 0.6 is 11.8 Å². The van der Waals surface area contributed by atoms with E-state index >= 15 is 0 Å². The van der Waals surface area contributed by atoms with Gasteiger partial charge in [-0.1, -0.05) is 0 Å². The van der Waals surface area contributed by atoms with Crippen LogP contribution in [-0.4, -0.2) is 38.9 Å². The molecule has 2 N–H and O–H groups in total. The lowest BCUT2D eigenvalue weighted by Crippen LogP contribution is -2.29. The molecule has 76 valence electrons. The summed E-state index contributed by atoms with van der Waals surface area (Å²) in [5.74, 6) is 1.07. The number of thioether (sulfide) groups is 1. The zero-order valence-electron chi connectivity index (χ0n) is 7.69. The first-order chi connectivity index (χ1) is 6.86.